The molecule has 0 bridgehead atoms. The average Bonchev–Trinajstić information content (AvgIpc) is 2.28. The molecular formula is C18H28N2. The van der Waals surface area contributed by atoms with Crippen LogP contribution < -0.4 is 5.73 Å². The van der Waals surface area contributed by atoms with E-state index in [1.165, 1.54) is 5.56 Å². The van der Waals surface area contributed by atoms with Crippen molar-refractivity contribution in [3.63, 3.8) is 0 Å². The lowest BCUT2D eigenvalue weighted by Gasteiger charge is -2.22. The second-order valence-electron chi connectivity index (χ2n) is 7.48. The molecule has 0 amide bonds. The van der Waals surface area contributed by atoms with Crippen LogP contribution in [-0.4, -0.2) is 5.84 Å². The fraction of sp³-hybridized carbons (Fsp3) is 0.500. The summed E-state index contributed by atoms with van der Waals surface area (Å²) in [5.74, 6) is 0.518. The van der Waals surface area contributed by atoms with E-state index in [0.717, 1.165) is 16.8 Å². The summed E-state index contributed by atoms with van der Waals surface area (Å²) >= 11 is 0. The summed E-state index contributed by atoms with van der Waals surface area (Å²) < 4.78 is 0. The molecule has 0 aromatic heterocycles. The summed E-state index contributed by atoms with van der Waals surface area (Å²) in [6.45, 7) is 19.0. The maximum Gasteiger partial charge on any atom is 0.127 e. The zero-order valence-corrected chi connectivity index (χ0v) is 14.0. The zero-order valence-electron chi connectivity index (χ0n) is 14.0. The molecule has 2 nitrogen and oxygen atoms in total. The molecule has 0 fully saturated rings. The second-order valence-corrected chi connectivity index (χ2v) is 7.48. The van der Waals surface area contributed by atoms with Gasteiger partial charge >= 0.3 is 0 Å². The Morgan fingerprint density at radius 2 is 1.65 bits per heavy atom. The van der Waals surface area contributed by atoms with Crippen LogP contribution >= 0.6 is 0 Å². The Balaban J connectivity index is 3.14. The van der Waals surface area contributed by atoms with E-state index >= 15 is 0 Å². The summed E-state index contributed by atoms with van der Waals surface area (Å²) in [7, 11) is 0. The lowest BCUT2D eigenvalue weighted by Crippen LogP contribution is -2.23. The third kappa shape index (κ3) is 3.96. The van der Waals surface area contributed by atoms with Crippen molar-refractivity contribution in [3.8, 4) is 0 Å². The number of nitrogens with two attached hydrogens (primary N) is 1. The normalized spacial score (nSPS) is 13.4. The van der Waals surface area contributed by atoms with Gasteiger partial charge in [-0.2, -0.15) is 0 Å². The Hall–Kier alpha value is -1.57. The minimum Gasteiger partial charge on any atom is -0.383 e. The van der Waals surface area contributed by atoms with E-state index in [1.54, 1.807) is 0 Å². The molecule has 0 saturated heterocycles. The van der Waals surface area contributed by atoms with Gasteiger partial charge in [-0.15, -0.1) is 0 Å². The number of nitrogens with zero attached hydrogens (tertiary/aromatic N) is 1. The number of rotatable bonds is 2. The molecule has 110 valence electrons. The van der Waals surface area contributed by atoms with Gasteiger partial charge in [0.05, 0.1) is 5.69 Å². The van der Waals surface area contributed by atoms with Crippen molar-refractivity contribution in [3.05, 3.63) is 41.5 Å². The van der Waals surface area contributed by atoms with Gasteiger partial charge in [0.1, 0.15) is 5.84 Å². The molecule has 0 heterocycles. The van der Waals surface area contributed by atoms with Crippen LogP contribution in [0.5, 0.6) is 0 Å². The highest BCUT2D eigenvalue weighted by Crippen LogP contribution is 2.29. The van der Waals surface area contributed by atoms with Crippen LogP contribution in [0.1, 0.15) is 52.7 Å². The van der Waals surface area contributed by atoms with E-state index in [1.807, 2.05) is 6.07 Å². The van der Waals surface area contributed by atoms with Crippen LogP contribution in [0.3, 0.4) is 0 Å². The Morgan fingerprint density at radius 1 is 1.10 bits per heavy atom. The van der Waals surface area contributed by atoms with Gasteiger partial charge < -0.3 is 5.73 Å². The van der Waals surface area contributed by atoms with Crippen molar-refractivity contribution < 1.29 is 0 Å². The van der Waals surface area contributed by atoms with E-state index in [-0.39, 0.29) is 10.8 Å². The van der Waals surface area contributed by atoms with Crippen molar-refractivity contribution in [2.45, 2.75) is 53.9 Å². The monoisotopic (exact) mass is 272 g/mol. The Bertz CT molecular complexity index is 538. The molecule has 0 aliphatic carbocycles. The van der Waals surface area contributed by atoms with Crippen LogP contribution in [0.4, 0.5) is 5.69 Å². The van der Waals surface area contributed by atoms with E-state index < -0.39 is 0 Å². The van der Waals surface area contributed by atoms with Crippen molar-refractivity contribution >= 4 is 11.5 Å². The van der Waals surface area contributed by atoms with E-state index in [4.69, 9.17) is 5.73 Å². The Kier molecular flexibility index (Phi) is 4.48. The first-order chi connectivity index (χ1) is 8.93. The van der Waals surface area contributed by atoms with Crippen molar-refractivity contribution in [1.82, 2.24) is 0 Å². The summed E-state index contributed by atoms with van der Waals surface area (Å²) in [6.07, 6.45) is 0. The largest absolute Gasteiger partial charge is 0.383 e. The average molecular weight is 272 g/mol. The van der Waals surface area contributed by atoms with Gasteiger partial charge in [0, 0.05) is 0 Å². The number of amidine groups is 1. The second kappa shape index (κ2) is 5.43. The summed E-state index contributed by atoms with van der Waals surface area (Å²) in [4.78, 5) is 4.54. The molecule has 0 atom stereocenters. The quantitative estimate of drug-likeness (QED) is 0.604. The van der Waals surface area contributed by atoms with Crippen molar-refractivity contribution in [2.75, 3.05) is 0 Å². The molecular weight excluding hydrogens is 244 g/mol. The molecule has 1 aromatic carbocycles. The maximum absolute atomic E-state index is 6.08. The predicted octanol–water partition coefficient (Wildman–Crippen LogP) is 4.88. The highest BCUT2D eigenvalue weighted by Gasteiger charge is 2.18. The van der Waals surface area contributed by atoms with Gasteiger partial charge in [-0.25, -0.2) is 4.99 Å². The standard InChI is InChI=1S/C18H28N2/c1-12-11-14(18(6,7)8)9-10-15(12)20-16(19)13(2)17(3,4)5/h9-11H,2H2,1,3-8H3,(H2,19,20). The van der Waals surface area contributed by atoms with Gasteiger partial charge in [-0.1, -0.05) is 60.3 Å². The van der Waals surface area contributed by atoms with Crippen LogP contribution in [0.25, 0.3) is 0 Å². The molecule has 1 aromatic rings. The van der Waals surface area contributed by atoms with Gasteiger partial charge in [0.25, 0.3) is 0 Å². The molecule has 1 rings (SSSR count). The zero-order chi connectivity index (χ0) is 15.7. The Labute approximate surface area is 123 Å². The third-order valence-electron chi connectivity index (χ3n) is 3.52. The van der Waals surface area contributed by atoms with Gasteiger partial charge in [0.2, 0.25) is 0 Å². The first kappa shape index (κ1) is 16.5. The SMILES string of the molecule is C=C(C(N)=Nc1ccc(C(C)(C)C)cc1C)C(C)(C)C. The van der Waals surface area contributed by atoms with Crippen molar-refractivity contribution in [1.29, 1.82) is 0 Å². The summed E-state index contributed by atoms with van der Waals surface area (Å²) in [5, 5.41) is 0. The Morgan fingerprint density at radius 3 is 2.05 bits per heavy atom. The number of hydrogen-bond donors (Lipinski definition) is 1. The lowest BCUT2D eigenvalue weighted by molar-refractivity contribution is 0.525. The first-order valence-electron chi connectivity index (χ1n) is 7.08. The van der Waals surface area contributed by atoms with Crippen LogP contribution in [0, 0.1) is 12.3 Å². The van der Waals surface area contributed by atoms with Gasteiger partial charge in [-0.3, -0.25) is 0 Å². The molecule has 0 aliphatic rings. The van der Waals surface area contributed by atoms with Crippen molar-refractivity contribution in [2.24, 2.45) is 16.1 Å². The molecule has 0 saturated carbocycles. The fourth-order valence-electron chi connectivity index (χ4n) is 1.83. The molecule has 0 radical (unpaired) electrons. The van der Waals surface area contributed by atoms with Crippen LogP contribution in [-0.2, 0) is 5.41 Å². The lowest BCUT2D eigenvalue weighted by atomic mass is 9.86. The molecule has 0 unspecified atom stereocenters. The maximum atomic E-state index is 6.08. The molecule has 0 spiro atoms. The predicted molar refractivity (Wildman–Crippen MR) is 89.8 cm³/mol. The smallest absolute Gasteiger partial charge is 0.127 e. The fourth-order valence-corrected chi connectivity index (χ4v) is 1.83. The van der Waals surface area contributed by atoms with E-state index in [0.29, 0.717) is 5.84 Å². The van der Waals surface area contributed by atoms with E-state index in [2.05, 4.69) is 72.2 Å². The summed E-state index contributed by atoms with van der Waals surface area (Å²) in [6, 6.07) is 6.35. The molecule has 0 aliphatic heterocycles. The van der Waals surface area contributed by atoms with Crippen LogP contribution in [0.2, 0.25) is 0 Å². The number of benzene rings is 1. The molecule has 20 heavy (non-hydrogen) atoms. The summed E-state index contributed by atoms with van der Waals surface area (Å²) in [5.41, 5.74) is 10.4. The number of aryl methyl sites for hydroxylation is 1. The highest BCUT2D eigenvalue weighted by molar-refractivity contribution is 5.99. The molecule has 2 heteroatoms. The molecule has 2 N–H and O–H groups in total. The first-order valence-corrected chi connectivity index (χ1v) is 7.08. The van der Waals surface area contributed by atoms with Gasteiger partial charge in [0.15, 0.2) is 0 Å². The highest BCUT2D eigenvalue weighted by atomic mass is 14.9. The number of hydrogen-bond acceptors (Lipinski definition) is 1. The third-order valence-corrected chi connectivity index (χ3v) is 3.52. The minimum absolute atomic E-state index is 0.0627. The van der Waals surface area contributed by atoms with Gasteiger partial charge in [-0.05, 0) is 40.5 Å². The topological polar surface area (TPSA) is 38.4 Å². The van der Waals surface area contributed by atoms with Crippen LogP contribution in [0.15, 0.2) is 35.3 Å². The van der Waals surface area contributed by atoms with E-state index in [9.17, 15) is 0 Å². The minimum atomic E-state index is -0.0627. The number of aliphatic imine (C=N–C) groups is 1.